The smallest absolute Gasteiger partial charge is 0.341 e. The van der Waals surface area contributed by atoms with Crippen molar-refractivity contribution < 1.29 is 19.4 Å². The van der Waals surface area contributed by atoms with Gasteiger partial charge in [-0.2, -0.15) is 0 Å². The first-order chi connectivity index (χ1) is 8.70. The van der Waals surface area contributed by atoms with Crippen LogP contribution in [0.5, 0.6) is 5.75 Å². The molecule has 1 fully saturated rings. The lowest BCUT2D eigenvalue weighted by atomic mass is 9.95. The highest BCUT2D eigenvalue weighted by Crippen LogP contribution is 2.26. The predicted octanol–water partition coefficient (Wildman–Crippen LogP) is 2.16. The zero-order chi connectivity index (χ0) is 13.0. The Hall–Kier alpha value is -1.55. The highest BCUT2D eigenvalue weighted by Gasteiger charge is 2.22. The molecule has 0 radical (unpaired) electrons. The number of rotatable bonds is 3. The van der Waals surface area contributed by atoms with Gasteiger partial charge >= 0.3 is 5.97 Å². The number of methoxy groups -OCH3 is 1. The molecule has 2 rings (SSSR count). The van der Waals surface area contributed by atoms with Crippen molar-refractivity contribution in [3.8, 4) is 5.75 Å². The summed E-state index contributed by atoms with van der Waals surface area (Å²) in [7, 11) is 1.36. The van der Waals surface area contributed by atoms with Crippen molar-refractivity contribution in [2.45, 2.75) is 37.9 Å². The Bertz CT molecular complexity index is 408. The molecule has 0 bridgehead atoms. The first-order valence-corrected chi connectivity index (χ1v) is 6.22. The van der Waals surface area contributed by atoms with E-state index in [1.54, 1.807) is 18.2 Å². The number of esters is 1. The van der Waals surface area contributed by atoms with Gasteiger partial charge in [-0.1, -0.05) is 12.1 Å². The van der Waals surface area contributed by atoms with Gasteiger partial charge in [-0.3, -0.25) is 0 Å². The summed E-state index contributed by atoms with van der Waals surface area (Å²) in [6.45, 7) is 0. The molecular weight excluding hydrogens is 232 g/mol. The summed E-state index contributed by atoms with van der Waals surface area (Å²) in [5.41, 5.74) is 0.450. The third kappa shape index (κ3) is 3.01. The van der Waals surface area contributed by atoms with Gasteiger partial charge in [0.05, 0.1) is 19.3 Å². The van der Waals surface area contributed by atoms with Crippen LogP contribution >= 0.6 is 0 Å². The van der Waals surface area contributed by atoms with Crippen molar-refractivity contribution in [2.75, 3.05) is 7.11 Å². The minimum atomic E-state index is -0.388. The number of carbonyl (C=O) groups excluding carboxylic acids is 1. The van der Waals surface area contributed by atoms with Gasteiger partial charge < -0.3 is 14.6 Å². The van der Waals surface area contributed by atoms with E-state index in [4.69, 9.17) is 9.47 Å². The van der Waals surface area contributed by atoms with Gasteiger partial charge in [-0.25, -0.2) is 4.79 Å². The van der Waals surface area contributed by atoms with Crippen molar-refractivity contribution in [2.24, 2.45) is 0 Å². The highest BCUT2D eigenvalue weighted by molar-refractivity contribution is 5.92. The molecule has 4 nitrogen and oxygen atoms in total. The zero-order valence-corrected chi connectivity index (χ0v) is 10.5. The molecule has 0 saturated heterocycles. The van der Waals surface area contributed by atoms with E-state index in [2.05, 4.69) is 0 Å². The Labute approximate surface area is 107 Å². The fourth-order valence-electron chi connectivity index (χ4n) is 2.19. The van der Waals surface area contributed by atoms with Crippen LogP contribution in [0, 0.1) is 0 Å². The van der Waals surface area contributed by atoms with E-state index in [-0.39, 0.29) is 18.2 Å². The molecule has 0 aliphatic heterocycles. The molecule has 0 amide bonds. The summed E-state index contributed by atoms with van der Waals surface area (Å²) in [6, 6.07) is 7.08. The van der Waals surface area contributed by atoms with Crippen LogP contribution in [0.1, 0.15) is 36.0 Å². The van der Waals surface area contributed by atoms with Crippen molar-refractivity contribution in [1.82, 2.24) is 0 Å². The summed E-state index contributed by atoms with van der Waals surface area (Å²) in [5.74, 6) is 0.173. The van der Waals surface area contributed by atoms with E-state index in [0.29, 0.717) is 11.3 Å². The van der Waals surface area contributed by atoms with Gasteiger partial charge in [-0.05, 0) is 37.8 Å². The number of aliphatic hydroxyl groups is 1. The number of aliphatic hydroxyl groups excluding tert-OH is 1. The van der Waals surface area contributed by atoms with Crippen molar-refractivity contribution >= 4 is 5.97 Å². The molecule has 1 aliphatic rings. The molecular formula is C14H18O4. The van der Waals surface area contributed by atoms with Crippen molar-refractivity contribution in [1.29, 1.82) is 0 Å². The summed E-state index contributed by atoms with van der Waals surface area (Å²) in [4.78, 5) is 11.6. The standard InChI is InChI=1S/C14H18O4/c1-17-14(16)12-4-2-3-5-13(12)18-11-8-6-10(15)7-9-11/h2-5,10-11,15H,6-9H2,1H3. The van der Waals surface area contributed by atoms with Gasteiger partial charge in [0.2, 0.25) is 0 Å². The molecule has 1 aromatic rings. The largest absolute Gasteiger partial charge is 0.490 e. The Balaban J connectivity index is 2.07. The van der Waals surface area contributed by atoms with E-state index in [1.165, 1.54) is 7.11 Å². The number of ether oxygens (including phenoxy) is 2. The molecule has 18 heavy (non-hydrogen) atoms. The molecule has 1 N–H and O–H groups in total. The summed E-state index contributed by atoms with van der Waals surface area (Å²) in [5, 5.41) is 9.44. The fraction of sp³-hybridized carbons (Fsp3) is 0.500. The summed E-state index contributed by atoms with van der Waals surface area (Å²) >= 11 is 0. The van der Waals surface area contributed by atoms with Gasteiger partial charge in [0.1, 0.15) is 11.3 Å². The number of benzene rings is 1. The van der Waals surface area contributed by atoms with E-state index in [1.807, 2.05) is 6.07 Å². The molecule has 1 aromatic carbocycles. The second kappa shape index (κ2) is 5.87. The maximum absolute atomic E-state index is 11.6. The Morgan fingerprint density at radius 3 is 2.56 bits per heavy atom. The van der Waals surface area contributed by atoms with Crippen LogP contribution in [-0.4, -0.2) is 30.4 Å². The van der Waals surface area contributed by atoms with Crippen LogP contribution in [-0.2, 0) is 4.74 Å². The number of hydrogen-bond acceptors (Lipinski definition) is 4. The SMILES string of the molecule is COC(=O)c1ccccc1OC1CCC(O)CC1. The molecule has 1 aliphatic carbocycles. The van der Waals surface area contributed by atoms with Crippen LogP contribution in [0.25, 0.3) is 0 Å². The van der Waals surface area contributed by atoms with E-state index in [0.717, 1.165) is 25.7 Å². The van der Waals surface area contributed by atoms with E-state index >= 15 is 0 Å². The lowest BCUT2D eigenvalue weighted by Gasteiger charge is -2.26. The highest BCUT2D eigenvalue weighted by atomic mass is 16.5. The number of hydrogen-bond donors (Lipinski definition) is 1. The molecule has 0 spiro atoms. The first kappa shape index (κ1) is 12.9. The first-order valence-electron chi connectivity index (χ1n) is 6.22. The van der Waals surface area contributed by atoms with Crippen LogP contribution in [0.15, 0.2) is 24.3 Å². The zero-order valence-electron chi connectivity index (χ0n) is 10.5. The molecule has 4 heteroatoms. The van der Waals surface area contributed by atoms with Crippen molar-refractivity contribution in [3.05, 3.63) is 29.8 Å². The lowest BCUT2D eigenvalue weighted by Crippen LogP contribution is -2.27. The summed E-state index contributed by atoms with van der Waals surface area (Å²) in [6.07, 6.45) is 3.00. The Kier molecular flexibility index (Phi) is 4.20. The molecule has 0 aromatic heterocycles. The second-order valence-corrected chi connectivity index (χ2v) is 4.54. The predicted molar refractivity (Wildman–Crippen MR) is 66.7 cm³/mol. The fourth-order valence-corrected chi connectivity index (χ4v) is 2.19. The van der Waals surface area contributed by atoms with Gasteiger partial charge in [0.15, 0.2) is 0 Å². The molecule has 1 saturated carbocycles. The maximum Gasteiger partial charge on any atom is 0.341 e. The van der Waals surface area contributed by atoms with Crippen LogP contribution in [0.3, 0.4) is 0 Å². The third-order valence-corrected chi connectivity index (χ3v) is 3.23. The molecule has 98 valence electrons. The lowest BCUT2D eigenvalue weighted by molar-refractivity contribution is 0.0556. The van der Waals surface area contributed by atoms with Crippen molar-refractivity contribution in [3.63, 3.8) is 0 Å². The maximum atomic E-state index is 11.6. The third-order valence-electron chi connectivity index (χ3n) is 3.23. The normalized spacial score (nSPS) is 23.4. The Morgan fingerprint density at radius 1 is 1.22 bits per heavy atom. The van der Waals surface area contributed by atoms with E-state index < -0.39 is 0 Å². The van der Waals surface area contributed by atoms with Gasteiger partial charge in [0, 0.05) is 0 Å². The minimum Gasteiger partial charge on any atom is -0.490 e. The van der Waals surface area contributed by atoms with Crippen LogP contribution in [0.2, 0.25) is 0 Å². The molecule has 0 heterocycles. The van der Waals surface area contributed by atoms with E-state index in [9.17, 15) is 9.90 Å². The van der Waals surface area contributed by atoms with Crippen LogP contribution < -0.4 is 4.74 Å². The van der Waals surface area contributed by atoms with Gasteiger partial charge in [0.25, 0.3) is 0 Å². The average molecular weight is 250 g/mol. The topological polar surface area (TPSA) is 55.8 Å². The van der Waals surface area contributed by atoms with Crippen LogP contribution in [0.4, 0.5) is 0 Å². The van der Waals surface area contributed by atoms with Gasteiger partial charge in [-0.15, -0.1) is 0 Å². The molecule has 0 atom stereocenters. The summed E-state index contributed by atoms with van der Waals surface area (Å²) < 4.78 is 10.6. The Morgan fingerprint density at radius 2 is 1.89 bits per heavy atom. The monoisotopic (exact) mass is 250 g/mol. The quantitative estimate of drug-likeness (QED) is 0.835. The number of carbonyl (C=O) groups is 1. The average Bonchev–Trinajstić information content (AvgIpc) is 2.41. The minimum absolute atomic E-state index is 0.0687. The molecule has 0 unspecified atom stereocenters. The second-order valence-electron chi connectivity index (χ2n) is 4.54. The number of para-hydroxylation sites is 1.